The average Bonchev–Trinajstić information content (AvgIpc) is 2.88. The summed E-state index contributed by atoms with van der Waals surface area (Å²) in [6, 6.07) is 6.30. The molecule has 0 saturated carbocycles. The third-order valence-corrected chi connectivity index (χ3v) is 3.53. The minimum atomic E-state index is -0.459. The summed E-state index contributed by atoms with van der Waals surface area (Å²) in [5.74, 6) is -0.378. The molecule has 0 radical (unpaired) electrons. The summed E-state index contributed by atoms with van der Waals surface area (Å²) < 4.78 is 18.0. The van der Waals surface area contributed by atoms with Crippen LogP contribution >= 0.6 is 0 Å². The number of methoxy groups -OCH3 is 1. The molecule has 1 fully saturated rings. The lowest BCUT2D eigenvalue weighted by Gasteiger charge is -2.15. The number of nitrogens with one attached hydrogen (secondary N) is 1. The molecule has 1 unspecified atom stereocenters. The number of carbonyl (C=O) groups excluding carboxylic acids is 2. The van der Waals surface area contributed by atoms with E-state index in [9.17, 15) is 14.0 Å². The second kappa shape index (κ2) is 7.17. The fraction of sp³-hybridized carbons (Fsp3) is 0.467. The molecule has 1 heterocycles. The number of benzene rings is 1. The number of amides is 1. The van der Waals surface area contributed by atoms with E-state index in [1.807, 2.05) is 4.90 Å². The second-order valence-corrected chi connectivity index (χ2v) is 5.16. The normalized spacial score (nSPS) is 18.5. The first-order valence-electron chi connectivity index (χ1n) is 6.90. The van der Waals surface area contributed by atoms with Crippen LogP contribution in [0.5, 0.6) is 0 Å². The van der Waals surface area contributed by atoms with E-state index < -0.39 is 6.09 Å². The van der Waals surface area contributed by atoms with Crippen LogP contribution in [-0.2, 0) is 16.0 Å². The van der Waals surface area contributed by atoms with Crippen molar-refractivity contribution in [2.24, 2.45) is 0 Å². The van der Waals surface area contributed by atoms with Crippen molar-refractivity contribution < 1.29 is 18.7 Å². The average molecular weight is 294 g/mol. The molecule has 1 amide bonds. The number of alkyl carbamates (subject to hydrolysis) is 1. The highest BCUT2D eigenvalue weighted by Gasteiger charge is 2.25. The van der Waals surface area contributed by atoms with Gasteiger partial charge < -0.3 is 10.1 Å². The Kier molecular flexibility index (Phi) is 5.27. The number of Topliss-reactive ketones (excluding diaryl/α,β-unsaturated/α-hetero) is 1. The van der Waals surface area contributed by atoms with Crippen LogP contribution in [-0.4, -0.2) is 49.6 Å². The van der Waals surface area contributed by atoms with Gasteiger partial charge in [0.2, 0.25) is 0 Å². The molecule has 1 aromatic carbocycles. The number of nitrogens with zero attached hydrogens (tertiary/aromatic N) is 1. The van der Waals surface area contributed by atoms with E-state index in [1.54, 1.807) is 18.2 Å². The van der Waals surface area contributed by atoms with Crippen molar-refractivity contribution in [3.8, 4) is 0 Å². The lowest BCUT2D eigenvalue weighted by molar-refractivity contribution is -0.119. The molecule has 0 aromatic heterocycles. The van der Waals surface area contributed by atoms with Gasteiger partial charge in [-0.25, -0.2) is 9.18 Å². The third-order valence-electron chi connectivity index (χ3n) is 3.53. The molecular formula is C15H19FN2O3. The third kappa shape index (κ3) is 4.53. The van der Waals surface area contributed by atoms with Crippen LogP contribution in [0.25, 0.3) is 0 Å². The molecule has 5 nitrogen and oxygen atoms in total. The smallest absolute Gasteiger partial charge is 0.407 e. The van der Waals surface area contributed by atoms with Crippen LogP contribution in [0.4, 0.5) is 9.18 Å². The Labute approximate surface area is 123 Å². The van der Waals surface area contributed by atoms with E-state index in [1.165, 1.54) is 13.2 Å². The Bertz CT molecular complexity index is 521. The predicted molar refractivity (Wildman–Crippen MR) is 75.5 cm³/mol. The monoisotopic (exact) mass is 294 g/mol. The van der Waals surface area contributed by atoms with Gasteiger partial charge in [0.25, 0.3) is 0 Å². The van der Waals surface area contributed by atoms with E-state index in [0.29, 0.717) is 12.1 Å². The number of rotatable bonds is 5. The first-order chi connectivity index (χ1) is 10.1. The minimum Gasteiger partial charge on any atom is -0.453 e. The van der Waals surface area contributed by atoms with E-state index in [0.717, 1.165) is 13.0 Å². The van der Waals surface area contributed by atoms with Crippen molar-refractivity contribution in [3.63, 3.8) is 0 Å². The fourth-order valence-electron chi connectivity index (χ4n) is 2.48. The van der Waals surface area contributed by atoms with Gasteiger partial charge in [-0.05, 0) is 18.1 Å². The molecule has 1 N–H and O–H groups in total. The zero-order valence-electron chi connectivity index (χ0n) is 12.0. The number of ether oxygens (including phenoxy) is 1. The Morgan fingerprint density at radius 1 is 1.43 bits per heavy atom. The molecular weight excluding hydrogens is 275 g/mol. The standard InChI is InChI=1S/C15H19FN2O3/c1-21-15(20)17-12-6-7-18(9-12)10-13(19)8-11-4-2-3-5-14(11)16/h2-5,12H,6-10H2,1H3,(H,17,20). The molecule has 1 atom stereocenters. The minimum absolute atomic E-state index is 0.00119. The number of halogens is 1. The number of ketones is 1. The molecule has 1 aliphatic rings. The molecule has 0 aliphatic carbocycles. The second-order valence-electron chi connectivity index (χ2n) is 5.16. The van der Waals surface area contributed by atoms with E-state index >= 15 is 0 Å². The van der Waals surface area contributed by atoms with E-state index in [-0.39, 0.29) is 30.6 Å². The zero-order valence-corrected chi connectivity index (χ0v) is 12.0. The van der Waals surface area contributed by atoms with Crippen molar-refractivity contribution in [1.29, 1.82) is 0 Å². The number of hydrogen-bond acceptors (Lipinski definition) is 4. The van der Waals surface area contributed by atoms with Gasteiger partial charge >= 0.3 is 6.09 Å². The summed E-state index contributed by atoms with van der Waals surface area (Å²) in [6.45, 7) is 1.61. The van der Waals surface area contributed by atoms with Crippen molar-refractivity contribution in [1.82, 2.24) is 10.2 Å². The lowest BCUT2D eigenvalue weighted by atomic mass is 10.1. The van der Waals surface area contributed by atoms with Crippen molar-refractivity contribution >= 4 is 11.9 Å². The largest absolute Gasteiger partial charge is 0.453 e. The maximum atomic E-state index is 13.5. The van der Waals surface area contributed by atoms with Crippen LogP contribution in [0.1, 0.15) is 12.0 Å². The maximum Gasteiger partial charge on any atom is 0.407 e. The van der Waals surface area contributed by atoms with Gasteiger partial charge in [0, 0.05) is 25.6 Å². The van der Waals surface area contributed by atoms with Gasteiger partial charge in [-0.1, -0.05) is 18.2 Å². The molecule has 0 spiro atoms. The lowest BCUT2D eigenvalue weighted by Crippen LogP contribution is -2.38. The highest BCUT2D eigenvalue weighted by atomic mass is 19.1. The van der Waals surface area contributed by atoms with Crippen molar-refractivity contribution in [2.45, 2.75) is 18.9 Å². The molecule has 1 aromatic rings. The number of hydrogen-bond donors (Lipinski definition) is 1. The Hall–Kier alpha value is -1.95. The van der Waals surface area contributed by atoms with Gasteiger partial charge in [0.1, 0.15) is 5.82 Å². The molecule has 114 valence electrons. The predicted octanol–water partition coefficient (Wildman–Crippen LogP) is 1.37. The van der Waals surface area contributed by atoms with Crippen LogP contribution in [0, 0.1) is 5.82 Å². The first-order valence-corrected chi connectivity index (χ1v) is 6.90. The Morgan fingerprint density at radius 2 is 2.19 bits per heavy atom. The molecule has 1 saturated heterocycles. The van der Waals surface area contributed by atoms with Crippen LogP contribution < -0.4 is 5.32 Å². The number of carbonyl (C=O) groups is 2. The molecule has 0 bridgehead atoms. The van der Waals surface area contributed by atoms with Gasteiger partial charge in [0.15, 0.2) is 5.78 Å². The van der Waals surface area contributed by atoms with Crippen LogP contribution in [0.3, 0.4) is 0 Å². The summed E-state index contributed by atoms with van der Waals surface area (Å²) in [7, 11) is 1.32. The van der Waals surface area contributed by atoms with Gasteiger partial charge in [-0.3, -0.25) is 9.69 Å². The topological polar surface area (TPSA) is 58.6 Å². The van der Waals surface area contributed by atoms with E-state index in [4.69, 9.17) is 0 Å². The molecule has 2 rings (SSSR count). The van der Waals surface area contributed by atoms with Crippen molar-refractivity contribution in [2.75, 3.05) is 26.7 Å². The summed E-state index contributed by atoms with van der Waals surface area (Å²) in [6.07, 6.45) is 0.417. The SMILES string of the molecule is COC(=O)NC1CCN(CC(=O)Cc2ccccc2F)C1. The fourth-order valence-corrected chi connectivity index (χ4v) is 2.48. The van der Waals surface area contributed by atoms with Gasteiger partial charge in [0.05, 0.1) is 13.7 Å². The molecule has 1 aliphatic heterocycles. The first kappa shape index (κ1) is 15.4. The zero-order chi connectivity index (χ0) is 15.2. The highest BCUT2D eigenvalue weighted by molar-refractivity contribution is 5.82. The van der Waals surface area contributed by atoms with Gasteiger partial charge in [-0.15, -0.1) is 0 Å². The van der Waals surface area contributed by atoms with Crippen LogP contribution in [0.2, 0.25) is 0 Å². The summed E-state index contributed by atoms with van der Waals surface area (Å²) in [5, 5.41) is 2.72. The summed E-state index contributed by atoms with van der Waals surface area (Å²) in [5.41, 5.74) is 0.422. The van der Waals surface area contributed by atoms with Crippen molar-refractivity contribution in [3.05, 3.63) is 35.6 Å². The maximum absolute atomic E-state index is 13.5. The Balaban J connectivity index is 1.79. The molecule has 6 heteroatoms. The molecule has 21 heavy (non-hydrogen) atoms. The van der Waals surface area contributed by atoms with Crippen LogP contribution in [0.15, 0.2) is 24.3 Å². The number of likely N-dealkylation sites (tertiary alicyclic amines) is 1. The summed E-state index contributed by atoms with van der Waals surface area (Å²) >= 11 is 0. The highest BCUT2D eigenvalue weighted by Crippen LogP contribution is 2.11. The van der Waals surface area contributed by atoms with E-state index in [2.05, 4.69) is 10.1 Å². The van der Waals surface area contributed by atoms with Gasteiger partial charge in [-0.2, -0.15) is 0 Å². The Morgan fingerprint density at radius 3 is 2.90 bits per heavy atom. The quantitative estimate of drug-likeness (QED) is 0.891. The summed E-state index contributed by atoms with van der Waals surface area (Å²) in [4.78, 5) is 25.1.